The molecule has 2 atom stereocenters. The highest BCUT2D eigenvalue weighted by molar-refractivity contribution is 6.37. The normalized spacial score (nSPS) is 17.6. The van der Waals surface area contributed by atoms with Crippen molar-refractivity contribution < 1.29 is 43.2 Å². The van der Waals surface area contributed by atoms with E-state index in [1.165, 1.54) is 50.2 Å². The number of benzene rings is 2. The van der Waals surface area contributed by atoms with E-state index in [9.17, 15) is 43.2 Å². The molecule has 11 nitrogen and oxygen atoms in total. The molecule has 2 aromatic rings. The Morgan fingerprint density at radius 3 is 1.26 bits per heavy atom. The number of hydrogen-bond donors (Lipinski definition) is 2. The summed E-state index contributed by atoms with van der Waals surface area (Å²) in [5.74, 6) is -9.43. The molecule has 2 amide bonds. The van der Waals surface area contributed by atoms with Crippen LogP contribution in [0.4, 0.5) is 0 Å². The van der Waals surface area contributed by atoms with Crippen LogP contribution < -0.4 is 10.6 Å². The average Bonchev–Trinajstić information content (AvgIpc) is 3.28. The van der Waals surface area contributed by atoms with Crippen LogP contribution in [0.1, 0.15) is 71.2 Å². The van der Waals surface area contributed by atoms with Crippen molar-refractivity contribution in [1.29, 1.82) is 0 Å². The van der Waals surface area contributed by atoms with E-state index < -0.39 is 77.2 Å². The number of amides is 2. The van der Waals surface area contributed by atoms with Crippen molar-refractivity contribution in [2.45, 2.75) is 13.8 Å². The molecule has 0 aromatic heterocycles. The molecule has 2 aromatic carbocycles. The first-order valence-corrected chi connectivity index (χ1v) is 11.5. The first-order valence-electron chi connectivity index (χ1n) is 11.5. The van der Waals surface area contributed by atoms with E-state index in [4.69, 9.17) is 0 Å². The van der Waals surface area contributed by atoms with Gasteiger partial charge >= 0.3 is 0 Å². The Morgan fingerprint density at radius 1 is 0.579 bits per heavy atom. The molecule has 0 saturated carbocycles. The molecular weight excluding hydrogens is 496 g/mol. The van der Waals surface area contributed by atoms with Gasteiger partial charge in [-0.15, -0.1) is 0 Å². The maximum Gasteiger partial charge on any atom is 0.217 e. The zero-order valence-corrected chi connectivity index (χ0v) is 20.2. The van der Waals surface area contributed by atoms with Crippen molar-refractivity contribution in [1.82, 2.24) is 10.6 Å². The molecule has 0 spiro atoms. The largest absolute Gasteiger partial charge is 0.349 e. The molecule has 192 valence electrons. The number of hydrogen-bond acceptors (Lipinski definition) is 9. The lowest BCUT2D eigenvalue weighted by molar-refractivity contribution is -0.124. The first kappa shape index (κ1) is 26.1. The van der Waals surface area contributed by atoms with Gasteiger partial charge in [0.05, 0.1) is 13.1 Å². The molecule has 0 aliphatic heterocycles. The first-order chi connectivity index (χ1) is 17.9. The van der Waals surface area contributed by atoms with Gasteiger partial charge in [-0.25, -0.2) is 0 Å². The summed E-state index contributed by atoms with van der Waals surface area (Å²) in [6, 6.07) is 7.48. The summed E-state index contributed by atoms with van der Waals surface area (Å²) in [5.41, 5.74) is -0.285. The van der Waals surface area contributed by atoms with Crippen LogP contribution in [0, 0.1) is 11.8 Å². The summed E-state index contributed by atoms with van der Waals surface area (Å²) in [7, 11) is 0. The van der Waals surface area contributed by atoms with Crippen LogP contribution in [0.5, 0.6) is 0 Å². The van der Waals surface area contributed by atoms with Crippen molar-refractivity contribution in [2.24, 2.45) is 11.8 Å². The van der Waals surface area contributed by atoms with Crippen molar-refractivity contribution in [2.75, 3.05) is 13.1 Å². The Balaban J connectivity index is 1.58. The predicted molar refractivity (Wildman–Crippen MR) is 128 cm³/mol. The molecular formula is C27H20N2O9. The third-order valence-electron chi connectivity index (χ3n) is 6.34. The number of nitrogens with one attached hydrogen (secondary N) is 2. The van der Waals surface area contributed by atoms with E-state index in [-0.39, 0.29) is 33.4 Å². The summed E-state index contributed by atoms with van der Waals surface area (Å²) >= 11 is 0. The van der Waals surface area contributed by atoms with Gasteiger partial charge in [0.25, 0.3) is 0 Å². The van der Waals surface area contributed by atoms with E-state index in [0.29, 0.717) is 0 Å². The van der Waals surface area contributed by atoms with Crippen LogP contribution in [0.3, 0.4) is 0 Å². The molecule has 0 saturated heterocycles. The number of fused-ring (bicyclic) bond motifs is 2. The lowest BCUT2D eigenvalue weighted by Gasteiger charge is -2.06. The van der Waals surface area contributed by atoms with E-state index in [0.717, 1.165) is 0 Å². The van der Waals surface area contributed by atoms with Crippen LogP contribution in [-0.4, -0.2) is 65.4 Å². The number of carbonyl (C=O) groups is 9. The van der Waals surface area contributed by atoms with Gasteiger partial charge in [-0.1, -0.05) is 12.1 Å². The van der Waals surface area contributed by atoms with Crippen molar-refractivity contribution in [3.8, 4) is 0 Å². The molecule has 2 aliphatic rings. The van der Waals surface area contributed by atoms with E-state index in [1.807, 2.05) is 0 Å². The van der Waals surface area contributed by atoms with Crippen LogP contribution in [-0.2, 0) is 19.2 Å². The fourth-order valence-electron chi connectivity index (χ4n) is 4.45. The minimum absolute atomic E-state index is 0.00475. The highest BCUT2D eigenvalue weighted by atomic mass is 16.2. The lowest BCUT2D eigenvalue weighted by Crippen LogP contribution is -2.35. The third kappa shape index (κ3) is 4.49. The molecule has 0 bridgehead atoms. The average molecular weight is 516 g/mol. The predicted octanol–water partition coefficient (Wildman–Crippen LogP) is 0.318. The van der Waals surface area contributed by atoms with Crippen LogP contribution in [0.25, 0.3) is 0 Å². The molecule has 2 N–H and O–H groups in total. The molecule has 2 aliphatic carbocycles. The van der Waals surface area contributed by atoms with Gasteiger partial charge < -0.3 is 10.6 Å². The van der Waals surface area contributed by atoms with Crippen molar-refractivity contribution in [3.05, 3.63) is 69.8 Å². The molecule has 11 heteroatoms. The van der Waals surface area contributed by atoms with Gasteiger partial charge in [0, 0.05) is 47.2 Å². The quantitative estimate of drug-likeness (QED) is 0.369. The van der Waals surface area contributed by atoms with Gasteiger partial charge in [-0.3, -0.25) is 43.2 Å². The third-order valence-corrected chi connectivity index (χ3v) is 6.34. The Kier molecular flexibility index (Phi) is 6.77. The van der Waals surface area contributed by atoms with Gasteiger partial charge in [-0.2, -0.15) is 0 Å². The standard InChI is InChI=1S/C27H20N2O9/c1-11(30)28-9-19(32)21-24(35)15-5-3-13(7-17(15)26(21)37)23(34)14-4-6-16-18(8-14)27(38)22(25(16)36)20(33)10-29-12(2)31/h3-8,21-22H,9-10H2,1-2H3,(H,28,30)(H,29,31). The van der Waals surface area contributed by atoms with Gasteiger partial charge in [-0.05, 0) is 24.3 Å². The van der Waals surface area contributed by atoms with Crippen molar-refractivity contribution >= 4 is 52.3 Å². The number of carbonyl (C=O) groups excluding carboxylic acids is 9. The maximum atomic E-state index is 13.2. The summed E-state index contributed by atoms with van der Waals surface area (Å²) in [4.78, 5) is 111. The molecule has 0 fully saturated rings. The number of Topliss-reactive ketones (excluding diaryl/α,β-unsaturated/α-hetero) is 6. The summed E-state index contributed by atoms with van der Waals surface area (Å²) in [6.07, 6.45) is 0. The fourth-order valence-corrected chi connectivity index (χ4v) is 4.45. The van der Waals surface area contributed by atoms with E-state index >= 15 is 0 Å². The molecule has 2 unspecified atom stereocenters. The zero-order valence-electron chi connectivity index (χ0n) is 20.2. The smallest absolute Gasteiger partial charge is 0.217 e. The van der Waals surface area contributed by atoms with E-state index in [2.05, 4.69) is 10.6 Å². The SMILES string of the molecule is CC(=O)NCC(=O)C1C(=O)c2ccc(C(=O)c3ccc4c(c3)C(=O)C(C(=O)CNC(C)=O)C4=O)cc2C1=O. The number of rotatable bonds is 8. The Hall–Kier alpha value is -4.93. The van der Waals surface area contributed by atoms with Gasteiger partial charge in [0.2, 0.25) is 11.8 Å². The Labute approximate surface area is 215 Å². The second kappa shape index (κ2) is 9.85. The zero-order chi connectivity index (χ0) is 27.9. The van der Waals surface area contributed by atoms with Crippen LogP contribution in [0.15, 0.2) is 36.4 Å². The molecule has 0 radical (unpaired) electrons. The summed E-state index contributed by atoms with van der Waals surface area (Å²) in [5, 5.41) is 4.50. The highest BCUT2D eigenvalue weighted by Gasteiger charge is 2.44. The van der Waals surface area contributed by atoms with Crippen LogP contribution in [0.2, 0.25) is 0 Å². The monoisotopic (exact) mass is 516 g/mol. The van der Waals surface area contributed by atoms with Crippen molar-refractivity contribution in [3.63, 3.8) is 0 Å². The summed E-state index contributed by atoms with van der Waals surface area (Å²) in [6.45, 7) is 1.38. The second-order valence-corrected chi connectivity index (χ2v) is 8.92. The van der Waals surface area contributed by atoms with Gasteiger partial charge in [0.1, 0.15) is 11.8 Å². The Bertz CT molecular complexity index is 1410. The van der Waals surface area contributed by atoms with E-state index in [1.54, 1.807) is 0 Å². The molecule has 4 rings (SSSR count). The topological polar surface area (TPSA) is 178 Å². The lowest BCUT2D eigenvalue weighted by atomic mass is 9.96. The second-order valence-electron chi connectivity index (χ2n) is 8.92. The molecule has 0 heterocycles. The molecule has 38 heavy (non-hydrogen) atoms. The minimum Gasteiger partial charge on any atom is -0.349 e. The number of ketones is 7. The maximum absolute atomic E-state index is 13.2. The highest BCUT2D eigenvalue weighted by Crippen LogP contribution is 2.31. The summed E-state index contributed by atoms with van der Waals surface area (Å²) < 4.78 is 0. The minimum atomic E-state index is -1.61. The fraction of sp³-hybridized carbons (Fsp3) is 0.222. The Morgan fingerprint density at radius 2 is 0.921 bits per heavy atom. The van der Waals surface area contributed by atoms with Crippen LogP contribution >= 0.6 is 0 Å². The van der Waals surface area contributed by atoms with Gasteiger partial charge in [0.15, 0.2) is 40.5 Å².